The predicted molar refractivity (Wildman–Crippen MR) is 129 cm³/mol. The lowest BCUT2D eigenvalue weighted by molar-refractivity contribution is -0.138. The lowest BCUT2D eigenvalue weighted by Gasteiger charge is -2.32. The van der Waals surface area contributed by atoms with Crippen LogP contribution in [0.3, 0.4) is 0 Å². The zero-order valence-electron chi connectivity index (χ0n) is 18.4. The average Bonchev–Trinajstić information content (AvgIpc) is 3.19. The molecule has 1 N–H and O–H groups in total. The monoisotopic (exact) mass is 511 g/mol. The zero-order valence-corrected chi connectivity index (χ0v) is 19.4. The summed E-state index contributed by atoms with van der Waals surface area (Å²) in [6.07, 6.45) is -0.964. The number of halogens is 4. The van der Waals surface area contributed by atoms with Gasteiger partial charge >= 0.3 is 6.18 Å². The van der Waals surface area contributed by atoms with E-state index >= 15 is 0 Å². The van der Waals surface area contributed by atoms with Crippen molar-refractivity contribution < 1.29 is 27.2 Å². The van der Waals surface area contributed by atoms with Crippen LogP contribution in [0.2, 0.25) is 0 Å². The number of aromatic nitrogens is 3. The Morgan fingerprint density at radius 3 is 2.49 bits per heavy atom. The molecule has 0 saturated carbocycles. The number of hydrogen-bond acceptors (Lipinski definition) is 4. The number of pyridine rings is 1. The fourth-order valence-corrected chi connectivity index (χ4v) is 3.80. The minimum Gasteiger partial charge on any atom is -0.320 e. The van der Waals surface area contributed by atoms with Crippen LogP contribution in [0.4, 0.5) is 28.9 Å². The Morgan fingerprint density at radius 2 is 1.86 bits per heavy atom. The Morgan fingerprint density at radius 1 is 1.17 bits per heavy atom. The Labute approximate surface area is 206 Å². The number of nitrogens with one attached hydrogen (secondary N) is 1. The van der Waals surface area contributed by atoms with Crippen LogP contribution < -0.4 is 10.2 Å². The van der Waals surface area contributed by atoms with Crippen LogP contribution in [0, 0.1) is 19.7 Å². The second kappa shape index (κ2) is 10.1. The number of carbonyl (C=O) groups excluding carboxylic acids is 2. The van der Waals surface area contributed by atoms with Gasteiger partial charge in [-0.1, -0.05) is 7.43 Å². The maximum atomic E-state index is 13.8. The molecule has 35 heavy (non-hydrogen) atoms. The fraction of sp³-hybridized carbons (Fsp3) is 0.304. The zero-order chi connectivity index (χ0) is 24.1. The van der Waals surface area contributed by atoms with Gasteiger partial charge in [-0.3, -0.25) is 19.3 Å². The molecule has 12 heteroatoms. The Balaban J connectivity index is 0.00000216. The van der Waals surface area contributed by atoms with Gasteiger partial charge in [-0.25, -0.2) is 4.39 Å². The fourth-order valence-electron chi connectivity index (χ4n) is 3.80. The third-order valence-corrected chi connectivity index (χ3v) is 5.58. The summed E-state index contributed by atoms with van der Waals surface area (Å²) >= 11 is 0. The van der Waals surface area contributed by atoms with Gasteiger partial charge in [0.15, 0.2) is 0 Å². The molecule has 3 heterocycles. The molecule has 0 unspecified atom stereocenters. The highest BCUT2D eigenvalue weighted by atomic mass is 32.1. The van der Waals surface area contributed by atoms with E-state index in [0.717, 1.165) is 12.3 Å². The van der Waals surface area contributed by atoms with Crippen molar-refractivity contribution in [2.75, 3.05) is 16.8 Å². The molecule has 1 aromatic carbocycles. The molecular weight excluding hydrogens is 486 g/mol. The van der Waals surface area contributed by atoms with Crippen LogP contribution in [-0.2, 0) is 6.18 Å². The molecule has 4 rings (SSSR count). The highest BCUT2D eigenvalue weighted by Crippen LogP contribution is 2.35. The van der Waals surface area contributed by atoms with Gasteiger partial charge < -0.3 is 10.2 Å². The molecule has 2 amide bonds. The smallest absolute Gasteiger partial charge is 0.320 e. The Kier molecular flexibility index (Phi) is 8.00. The summed E-state index contributed by atoms with van der Waals surface area (Å²) in [5, 5.41) is 6.69. The highest BCUT2D eigenvalue weighted by molar-refractivity contribution is 7.59. The number of benzene rings is 1. The maximum Gasteiger partial charge on any atom is 0.416 e. The maximum absolute atomic E-state index is 13.8. The summed E-state index contributed by atoms with van der Waals surface area (Å²) in [5.74, 6) is -1.86. The number of fused-ring (bicyclic) bond motifs is 1. The van der Waals surface area contributed by atoms with Crippen molar-refractivity contribution in [2.45, 2.75) is 40.4 Å². The quantitative estimate of drug-likeness (QED) is 0.486. The van der Waals surface area contributed by atoms with Crippen molar-refractivity contribution in [2.24, 2.45) is 0 Å². The molecule has 1 aliphatic heterocycles. The highest BCUT2D eigenvalue weighted by Gasteiger charge is 2.37. The van der Waals surface area contributed by atoms with Gasteiger partial charge in [0, 0.05) is 17.8 Å². The van der Waals surface area contributed by atoms with Crippen LogP contribution in [0.1, 0.15) is 57.9 Å². The first-order valence-electron chi connectivity index (χ1n) is 9.97. The van der Waals surface area contributed by atoms with Crippen molar-refractivity contribution in [1.29, 1.82) is 0 Å². The predicted octanol–water partition coefficient (Wildman–Crippen LogP) is 5.28. The van der Waals surface area contributed by atoms with Crippen LogP contribution in [0.5, 0.6) is 0 Å². The van der Waals surface area contributed by atoms with Gasteiger partial charge in [0.1, 0.15) is 11.5 Å². The Bertz CT molecular complexity index is 1280. The number of alkyl halides is 3. The minimum absolute atomic E-state index is 0. The average molecular weight is 512 g/mol. The summed E-state index contributed by atoms with van der Waals surface area (Å²) in [6.45, 7) is 4.73. The number of hydrogen-bond donors (Lipinski definition) is 1. The number of carbonyl (C=O) groups is 2. The molecule has 3 aromatic rings. The summed E-state index contributed by atoms with van der Waals surface area (Å²) in [7, 11) is 0. The topological polar surface area (TPSA) is 80.1 Å². The lowest BCUT2D eigenvalue weighted by atomic mass is 10.0. The molecular formula is C23H25F4N5O2S. The molecule has 0 aliphatic carbocycles. The third kappa shape index (κ3) is 5.02. The first-order valence-corrected chi connectivity index (χ1v) is 9.97. The normalized spacial score (nSPS) is 15.1. The first kappa shape index (κ1) is 27.8. The van der Waals surface area contributed by atoms with Gasteiger partial charge in [-0.2, -0.15) is 31.8 Å². The largest absolute Gasteiger partial charge is 0.416 e. The van der Waals surface area contributed by atoms with Crippen LogP contribution in [0.15, 0.2) is 36.8 Å². The van der Waals surface area contributed by atoms with Gasteiger partial charge in [0.25, 0.3) is 11.8 Å². The summed E-state index contributed by atoms with van der Waals surface area (Å²) < 4.78 is 54.6. The summed E-state index contributed by atoms with van der Waals surface area (Å²) in [4.78, 5) is 31.2. The second-order valence-corrected chi connectivity index (χ2v) is 7.86. The van der Waals surface area contributed by atoms with E-state index in [1.165, 1.54) is 48.0 Å². The Hall–Kier alpha value is -3.41. The van der Waals surface area contributed by atoms with Gasteiger partial charge in [-0.15, -0.1) is 0 Å². The lowest BCUT2D eigenvalue weighted by Crippen LogP contribution is -2.43. The molecule has 0 spiro atoms. The van der Waals surface area contributed by atoms with Crippen LogP contribution in [0.25, 0.3) is 0 Å². The van der Waals surface area contributed by atoms with Gasteiger partial charge in [-0.05, 0) is 44.5 Å². The van der Waals surface area contributed by atoms with E-state index in [1.54, 1.807) is 6.92 Å². The molecule has 1 atom stereocenters. The number of rotatable bonds is 3. The number of aryl methyl sites for hydroxylation is 1. The number of amides is 2. The van der Waals surface area contributed by atoms with E-state index in [0.29, 0.717) is 0 Å². The molecule has 0 radical (unpaired) electrons. The van der Waals surface area contributed by atoms with Gasteiger partial charge in [0.2, 0.25) is 0 Å². The molecule has 0 bridgehead atoms. The molecule has 0 fully saturated rings. The van der Waals surface area contributed by atoms with E-state index in [4.69, 9.17) is 0 Å². The van der Waals surface area contributed by atoms with Crippen molar-refractivity contribution in [1.82, 2.24) is 14.8 Å². The van der Waals surface area contributed by atoms with Crippen molar-refractivity contribution in [3.63, 3.8) is 0 Å². The number of nitrogens with zero attached hydrogens (tertiary/aromatic N) is 4. The van der Waals surface area contributed by atoms with E-state index < -0.39 is 29.4 Å². The van der Waals surface area contributed by atoms with E-state index in [-0.39, 0.29) is 67.3 Å². The molecule has 0 saturated heterocycles. The van der Waals surface area contributed by atoms with Crippen molar-refractivity contribution in [3.8, 4) is 0 Å². The van der Waals surface area contributed by atoms with Crippen molar-refractivity contribution in [3.05, 3.63) is 70.6 Å². The summed E-state index contributed by atoms with van der Waals surface area (Å²) in [6, 6.07) is 3.11. The molecule has 7 nitrogen and oxygen atoms in total. The third-order valence-electron chi connectivity index (χ3n) is 5.58. The SMILES string of the molecule is C.Cc1cc(N2C[C@H](C)n3ncc(C(=O)Nc4cncc(F)c4C)c3C2=O)ccc1C(F)(F)F.S. The molecule has 1 aliphatic rings. The summed E-state index contributed by atoms with van der Waals surface area (Å²) in [5.41, 5.74) is -0.247. The van der Waals surface area contributed by atoms with Crippen LogP contribution >= 0.6 is 13.5 Å². The van der Waals surface area contributed by atoms with E-state index in [1.807, 2.05) is 0 Å². The van der Waals surface area contributed by atoms with E-state index in [2.05, 4.69) is 15.4 Å². The van der Waals surface area contributed by atoms with E-state index in [9.17, 15) is 27.2 Å². The van der Waals surface area contributed by atoms with Crippen LogP contribution in [-0.4, -0.2) is 33.1 Å². The first-order chi connectivity index (χ1) is 15.5. The molecule has 2 aromatic heterocycles. The second-order valence-electron chi connectivity index (χ2n) is 7.86. The standard InChI is InChI=1S/C22H19F4N5O2.CH4.H2S/c1-11-6-14(4-5-16(11)22(24,25)26)30-10-12(2)31-19(21(30)33)15(7-28-31)20(32)29-18-9-27-8-17(23)13(18)3;;/h4-9,12H,10H2,1-3H3,(H,29,32);1H4;1H2/t12-;;/m0../s1. The minimum atomic E-state index is -4.50. The van der Waals surface area contributed by atoms with Gasteiger partial charge in [0.05, 0.1) is 41.4 Å². The van der Waals surface area contributed by atoms with Crippen molar-refractivity contribution >= 4 is 36.7 Å². The molecule has 188 valence electrons. The number of anilines is 2.